The number of aromatic nitrogens is 2. The number of hydrogen-bond donors (Lipinski definition) is 2. The van der Waals surface area contributed by atoms with Crippen molar-refractivity contribution in [3.8, 4) is 0 Å². The van der Waals surface area contributed by atoms with Gasteiger partial charge in [-0.05, 0) is 30.7 Å². The molecular weight excluding hydrogens is 318 g/mol. The van der Waals surface area contributed by atoms with Crippen molar-refractivity contribution >= 4 is 26.8 Å². The topological polar surface area (TPSA) is 101 Å². The van der Waals surface area contributed by atoms with E-state index in [2.05, 4.69) is 15.3 Å². The van der Waals surface area contributed by atoms with E-state index in [1.807, 2.05) is 25.1 Å². The molecule has 0 spiro atoms. The first-order chi connectivity index (χ1) is 10.9. The number of hydrogen-bond acceptors (Lipinski definition) is 5. The third-order valence-corrected chi connectivity index (χ3v) is 4.83. The Kier molecular flexibility index (Phi) is 4.18. The van der Waals surface area contributed by atoms with Crippen molar-refractivity contribution in [2.45, 2.75) is 19.6 Å². The van der Waals surface area contributed by atoms with Crippen LogP contribution in [0.25, 0.3) is 11.0 Å². The van der Waals surface area contributed by atoms with E-state index < -0.39 is 15.9 Å². The summed E-state index contributed by atoms with van der Waals surface area (Å²) >= 11 is 0. The van der Waals surface area contributed by atoms with E-state index in [1.165, 1.54) is 6.08 Å². The first-order valence-corrected chi connectivity index (χ1v) is 8.86. The molecule has 1 atom stereocenters. The number of carbonyl (C=O) groups is 1. The lowest BCUT2D eigenvalue weighted by Crippen LogP contribution is -2.37. The van der Waals surface area contributed by atoms with Crippen LogP contribution in [-0.2, 0) is 26.0 Å². The number of H-pyrrole nitrogens is 1. The van der Waals surface area contributed by atoms with E-state index in [9.17, 15) is 13.2 Å². The zero-order chi connectivity index (χ0) is 16.4. The van der Waals surface area contributed by atoms with Gasteiger partial charge in [-0.3, -0.25) is 4.79 Å². The number of imidazole rings is 1. The second kappa shape index (κ2) is 6.13. The highest BCUT2D eigenvalue weighted by Gasteiger charge is 2.22. The van der Waals surface area contributed by atoms with Gasteiger partial charge in [0.2, 0.25) is 5.91 Å². The van der Waals surface area contributed by atoms with E-state index in [-0.39, 0.29) is 24.9 Å². The van der Waals surface area contributed by atoms with Crippen LogP contribution < -0.4 is 5.32 Å². The first-order valence-electron chi connectivity index (χ1n) is 7.15. The van der Waals surface area contributed by atoms with Crippen LogP contribution in [0.2, 0.25) is 0 Å². The molecule has 1 aromatic carbocycles. The molecule has 7 nitrogen and oxygen atoms in total. The zero-order valence-electron chi connectivity index (χ0n) is 12.6. The minimum Gasteiger partial charge on any atom is -0.364 e. The number of aryl methyl sites for hydroxylation is 1. The van der Waals surface area contributed by atoms with Crippen molar-refractivity contribution in [2.75, 3.05) is 12.4 Å². The number of rotatable bonds is 5. The molecule has 2 heterocycles. The number of ether oxygens (including phenoxy) is 1. The van der Waals surface area contributed by atoms with Gasteiger partial charge in [-0.15, -0.1) is 0 Å². The number of benzene rings is 1. The SMILES string of the molecule is Cc1ccc2nc(COCC(=O)N[C@@H]3C=CS(=O)(=O)C3)[nH]c2c1. The molecule has 0 saturated heterocycles. The first kappa shape index (κ1) is 15.7. The highest BCUT2D eigenvalue weighted by Crippen LogP contribution is 2.13. The Morgan fingerprint density at radius 1 is 1.48 bits per heavy atom. The molecule has 3 rings (SSSR count). The standard InChI is InChI=1S/C15H17N3O4S/c1-10-2-3-12-13(6-10)18-14(17-12)7-22-8-15(19)16-11-4-5-23(20,21)9-11/h2-6,11H,7-9H2,1H3,(H,16,19)(H,17,18)/t11-/m1/s1. The van der Waals surface area contributed by atoms with Crippen LogP contribution in [0.15, 0.2) is 29.7 Å². The van der Waals surface area contributed by atoms with Crippen LogP contribution in [0.5, 0.6) is 0 Å². The van der Waals surface area contributed by atoms with Crippen LogP contribution >= 0.6 is 0 Å². The molecule has 122 valence electrons. The lowest BCUT2D eigenvalue weighted by Gasteiger charge is -2.09. The number of aromatic amines is 1. The zero-order valence-corrected chi connectivity index (χ0v) is 13.4. The van der Waals surface area contributed by atoms with Gasteiger partial charge in [-0.2, -0.15) is 0 Å². The van der Waals surface area contributed by atoms with Gasteiger partial charge in [0, 0.05) is 5.41 Å². The van der Waals surface area contributed by atoms with E-state index in [0.717, 1.165) is 22.0 Å². The number of carbonyl (C=O) groups excluding carboxylic acids is 1. The Balaban J connectivity index is 1.48. The molecule has 1 aromatic heterocycles. The maximum atomic E-state index is 11.7. The molecule has 0 aliphatic carbocycles. The van der Waals surface area contributed by atoms with Crippen molar-refractivity contribution in [1.29, 1.82) is 0 Å². The third-order valence-electron chi connectivity index (χ3n) is 3.43. The van der Waals surface area contributed by atoms with Crippen LogP contribution in [-0.4, -0.2) is 42.7 Å². The van der Waals surface area contributed by atoms with Crippen molar-refractivity contribution < 1.29 is 17.9 Å². The molecule has 23 heavy (non-hydrogen) atoms. The van der Waals surface area contributed by atoms with E-state index >= 15 is 0 Å². The van der Waals surface area contributed by atoms with Crippen molar-refractivity contribution in [3.05, 3.63) is 41.1 Å². The van der Waals surface area contributed by atoms with Gasteiger partial charge in [-0.25, -0.2) is 13.4 Å². The lowest BCUT2D eigenvalue weighted by atomic mass is 10.2. The fourth-order valence-corrected chi connectivity index (χ4v) is 3.63. The molecule has 1 aliphatic heterocycles. The Labute approximate surface area is 133 Å². The summed E-state index contributed by atoms with van der Waals surface area (Å²) in [7, 11) is -3.17. The third kappa shape index (κ3) is 3.96. The van der Waals surface area contributed by atoms with Gasteiger partial charge >= 0.3 is 0 Å². The second-order valence-electron chi connectivity index (χ2n) is 5.53. The Hall–Kier alpha value is -2.19. The maximum absolute atomic E-state index is 11.7. The van der Waals surface area contributed by atoms with Gasteiger partial charge in [0.25, 0.3) is 0 Å². The van der Waals surface area contributed by atoms with Gasteiger partial charge in [0.05, 0.1) is 22.8 Å². The van der Waals surface area contributed by atoms with Gasteiger partial charge in [-0.1, -0.05) is 6.07 Å². The normalized spacial score (nSPS) is 19.3. The minimum atomic E-state index is -3.17. The quantitative estimate of drug-likeness (QED) is 0.842. The van der Waals surface area contributed by atoms with Crippen molar-refractivity contribution in [3.63, 3.8) is 0 Å². The van der Waals surface area contributed by atoms with Crippen LogP contribution in [0, 0.1) is 6.92 Å². The van der Waals surface area contributed by atoms with Crippen molar-refractivity contribution in [1.82, 2.24) is 15.3 Å². The smallest absolute Gasteiger partial charge is 0.246 e. The minimum absolute atomic E-state index is 0.0956. The number of amides is 1. The Morgan fingerprint density at radius 2 is 2.30 bits per heavy atom. The largest absolute Gasteiger partial charge is 0.364 e. The molecule has 2 N–H and O–H groups in total. The van der Waals surface area contributed by atoms with Crippen LogP contribution in [0.1, 0.15) is 11.4 Å². The predicted molar refractivity (Wildman–Crippen MR) is 85.3 cm³/mol. The highest BCUT2D eigenvalue weighted by atomic mass is 32.2. The summed E-state index contributed by atoms with van der Waals surface area (Å²) in [6, 6.07) is 5.41. The Morgan fingerprint density at radius 3 is 3.04 bits per heavy atom. The monoisotopic (exact) mass is 335 g/mol. The summed E-state index contributed by atoms with van der Waals surface area (Å²) in [5.41, 5.74) is 2.90. The summed E-state index contributed by atoms with van der Waals surface area (Å²) in [4.78, 5) is 19.2. The van der Waals surface area contributed by atoms with Crippen LogP contribution in [0.3, 0.4) is 0 Å². The summed E-state index contributed by atoms with van der Waals surface area (Å²) < 4.78 is 27.8. The molecule has 0 saturated carbocycles. The maximum Gasteiger partial charge on any atom is 0.246 e. The van der Waals surface area contributed by atoms with E-state index in [0.29, 0.717) is 5.82 Å². The van der Waals surface area contributed by atoms with E-state index in [4.69, 9.17) is 4.74 Å². The fraction of sp³-hybridized carbons (Fsp3) is 0.333. The number of sulfone groups is 1. The number of fused-ring (bicyclic) bond motifs is 1. The molecule has 0 radical (unpaired) electrons. The predicted octanol–water partition coefficient (Wildman–Crippen LogP) is 0.815. The number of nitrogens with zero attached hydrogens (tertiary/aromatic N) is 1. The van der Waals surface area contributed by atoms with Gasteiger partial charge in [0.1, 0.15) is 19.0 Å². The molecule has 8 heteroatoms. The average Bonchev–Trinajstić information content (AvgIpc) is 3.01. The van der Waals surface area contributed by atoms with Gasteiger partial charge < -0.3 is 15.0 Å². The lowest BCUT2D eigenvalue weighted by molar-refractivity contribution is -0.126. The molecular formula is C15H17N3O4S. The fourth-order valence-electron chi connectivity index (χ4n) is 2.40. The summed E-state index contributed by atoms with van der Waals surface area (Å²) in [6.07, 6.45) is 1.47. The van der Waals surface area contributed by atoms with Gasteiger partial charge in [0.15, 0.2) is 9.84 Å². The summed E-state index contributed by atoms with van der Waals surface area (Å²) in [5.74, 6) is 0.187. The summed E-state index contributed by atoms with van der Waals surface area (Å²) in [6.45, 7) is 2.03. The van der Waals surface area contributed by atoms with Crippen LogP contribution in [0.4, 0.5) is 0 Å². The average molecular weight is 335 g/mol. The van der Waals surface area contributed by atoms with Crippen molar-refractivity contribution in [2.24, 2.45) is 0 Å². The second-order valence-corrected chi connectivity index (χ2v) is 7.46. The Bertz CT molecular complexity index is 870. The molecule has 0 bridgehead atoms. The molecule has 2 aromatic rings. The molecule has 0 fully saturated rings. The molecule has 1 amide bonds. The highest BCUT2D eigenvalue weighted by molar-refractivity contribution is 7.94. The molecule has 0 unspecified atom stereocenters. The summed E-state index contributed by atoms with van der Waals surface area (Å²) in [5, 5.41) is 3.71. The molecule has 1 aliphatic rings. The number of nitrogens with one attached hydrogen (secondary N) is 2. The van der Waals surface area contributed by atoms with E-state index in [1.54, 1.807) is 0 Å².